The maximum atomic E-state index is 14.9. The number of fused-ring (bicyclic) bond motifs is 2. The van der Waals surface area contributed by atoms with Crippen LogP contribution in [0.15, 0.2) is 71.8 Å². The van der Waals surface area contributed by atoms with Gasteiger partial charge in [0.25, 0.3) is 5.91 Å². The number of ether oxygens (including phenoxy) is 1. The summed E-state index contributed by atoms with van der Waals surface area (Å²) in [7, 11) is -3.00. The lowest BCUT2D eigenvalue weighted by atomic mass is 9.82. The molecule has 0 radical (unpaired) electrons. The van der Waals surface area contributed by atoms with Crippen LogP contribution in [0.1, 0.15) is 65.4 Å². The number of aliphatic hydroxyl groups is 1. The van der Waals surface area contributed by atoms with Gasteiger partial charge in [0, 0.05) is 41.5 Å². The van der Waals surface area contributed by atoms with Gasteiger partial charge in [0.1, 0.15) is 0 Å². The molecule has 0 unspecified atom stereocenters. The summed E-state index contributed by atoms with van der Waals surface area (Å²) in [4.78, 5) is 57.8. The van der Waals surface area contributed by atoms with Crippen LogP contribution >= 0.6 is 0 Å². The Bertz CT molecular complexity index is 1570. The monoisotopic (exact) mass is 673 g/mol. The Morgan fingerprint density at radius 3 is 2.48 bits per heavy atom. The predicted molar refractivity (Wildman–Crippen MR) is 191 cm³/mol. The molecule has 10 heteroatoms. The van der Waals surface area contributed by atoms with E-state index in [1.807, 2.05) is 68.5 Å². The normalized spacial score (nSPS) is 25.5. The summed E-state index contributed by atoms with van der Waals surface area (Å²) in [5, 5.41) is 9.90. The molecular weight excluding hydrogens is 623 g/mol. The van der Waals surface area contributed by atoms with Crippen molar-refractivity contribution in [1.29, 1.82) is 0 Å². The van der Waals surface area contributed by atoms with Gasteiger partial charge in [-0.25, -0.2) is 0 Å². The van der Waals surface area contributed by atoms with E-state index >= 15 is 0 Å². The highest BCUT2D eigenvalue weighted by Crippen LogP contribution is 2.60. The molecule has 3 amide bonds. The summed E-state index contributed by atoms with van der Waals surface area (Å²) in [5.41, 5.74) is 3.19. The van der Waals surface area contributed by atoms with E-state index in [0.29, 0.717) is 35.7 Å². The molecular formula is C38H51N3O6Si. The number of hydrogen-bond donors (Lipinski definition) is 2. The number of carbonyl (C=O) groups excluding carboxylic acids is 3. The zero-order chi connectivity index (χ0) is 34.8. The van der Waals surface area contributed by atoms with Gasteiger partial charge in [0.2, 0.25) is 12.3 Å². The molecule has 0 saturated carbocycles. The first-order valence-corrected chi connectivity index (χ1v) is 20.2. The van der Waals surface area contributed by atoms with Crippen LogP contribution in [0.25, 0.3) is 0 Å². The van der Waals surface area contributed by atoms with E-state index in [1.54, 1.807) is 14.7 Å². The molecule has 1 spiro atoms. The molecule has 258 valence electrons. The van der Waals surface area contributed by atoms with Gasteiger partial charge >= 0.3 is 0 Å². The van der Waals surface area contributed by atoms with Gasteiger partial charge in [-0.15, -0.1) is 0 Å². The lowest BCUT2D eigenvalue weighted by Gasteiger charge is -2.33. The number of rotatable bonds is 12. The summed E-state index contributed by atoms with van der Waals surface area (Å²) >= 11 is 0. The summed E-state index contributed by atoms with van der Waals surface area (Å²) in [5.74, 6) is -0.809. The van der Waals surface area contributed by atoms with E-state index in [4.69, 9.17) is 4.74 Å². The Kier molecular flexibility index (Phi) is 10.8. The highest BCUT2D eigenvalue weighted by Gasteiger charge is 2.66. The van der Waals surface area contributed by atoms with Crippen LogP contribution < -0.4 is 9.80 Å². The van der Waals surface area contributed by atoms with Crippen LogP contribution in [-0.4, -0.2) is 73.2 Å². The van der Waals surface area contributed by atoms with Gasteiger partial charge < -0.3 is 24.4 Å². The third-order valence-corrected chi connectivity index (χ3v) is 12.9. The van der Waals surface area contributed by atoms with Crippen LogP contribution in [0.2, 0.25) is 18.6 Å². The average molecular weight is 674 g/mol. The number of hydrogen-bond acceptors (Lipinski definition) is 6. The lowest BCUT2D eigenvalue weighted by molar-refractivity contribution is -0.149. The third-order valence-electron chi connectivity index (χ3n) is 10.4. The van der Waals surface area contributed by atoms with Crippen molar-refractivity contribution in [3.8, 4) is 0 Å². The highest BCUT2D eigenvalue weighted by molar-refractivity contribution is 6.71. The summed E-state index contributed by atoms with van der Waals surface area (Å²) in [6.07, 6.45) is 7.74. The Morgan fingerprint density at radius 1 is 1.10 bits per heavy atom. The van der Waals surface area contributed by atoms with E-state index < -0.39 is 31.5 Å². The second-order valence-electron chi connectivity index (χ2n) is 14.4. The fourth-order valence-corrected chi connectivity index (χ4v) is 10.6. The second kappa shape index (κ2) is 14.5. The van der Waals surface area contributed by atoms with Crippen molar-refractivity contribution in [2.75, 3.05) is 29.5 Å². The quantitative estimate of drug-likeness (QED) is 0.158. The summed E-state index contributed by atoms with van der Waals surface area (Å²) < 4.78 is 6.94. The smallest absolute Gasteiger partial charge is 0.264 e. The standard InChI is InChI=1S/C38H51N3O6Si/c1-26(2)12-10-13-27(3)19-21-40-33-18-17-30(41(25-43)29-14-8-7-9-15-29)22-32(33)38(37(40)45)28(4)36(48(5,6)46)34(47-38)23-35(44)39-20-11-16-31(39)24-42/h7-9,12,14-15,17-19,22,25,28,31,34,36,42,46H,10-11,13,16,20-21,23-24H2,1-6H3/b27-19+/t28-,31+,34+,36-,38+/m1/s1. The van der Waals surface area contributed by atoms with Crippen molar-refractivity contribution in [3.05, 3.63) is 77.4 Å². The van der Waals surface area contributed by atoms with Crippen molar-refractivity contribution in [2.24, 2.45) is 5.92 Å². The molecule has 5 rings (SSSR count). The van der Waals surface area contributed by atoms with E-state index in [2.05, 4.69) is 32.9 Å². The van der Waals surface area contributed by atoms with E-state index in [-0.39, 0.29) is 30.9 Å². The van der Waals surface area contributed by atoms with Crippen molar-refractivity contribution in [3.63, 3.8) is 0 Å². The minimum absolute atomic E-state index is 0.0143. The maximum Gasteiger partial charge on any atom is 0.264 e. The molecule has 2 aromatic carbocycles. The summed E-state index contributed by atoms with van der Waals surface area (Å²) in [6, 6.07) is 14.7. The number of benzene rings is 2. The lowest BCUT2D eigenvalue weighted by Crippen LogP contribution is -2.46. The second-order valence-corrected chi connectivity index (χ2v) is 18.4. The molecule has 48 heavy (non-hydrogen) atoms. The van der Waals surface area contributed by atoms with Crippen LogP contribution in [0.4, 0.5) is 17.1 Å². The van der Waals surface area contributed by atoms with Crippen molar-refractivity contribution in [2.45, 2.75) is 96.2 Å². The number of anilines is 3. The molecule has 2 N–H and O–H groups in total. The first-order chi connectivity index (χ1) is 22.8. The topological polar surface area (TPSA) is 111 Å². The average Bonchev–Trinajstić information content (AvgIpc) is 3.70. The fraction of sp³-hybridized carbons (Fsp3) is 0.500. The largest absolute Gasteiger partial charge is 0.432 e. The molecule has 2 aromatic rings. The Morgan fingerprint density at radius 2 is 1.83 bits per heavy atom. The molecule has 0 bridgehead atoms. The number of allylic oxidation sites excluding steroid dienone is 3. The molecule has 3 aliphatic rings. The molecule has 0 aromatic heterocycles. The Labute approximate surface area is 286 Å². The van der Waals surface area contributed by atoms with Gasteiger partial charge in [-0.2, -0.15) is 0 Å². The third kappa shape index (κ3) is 6.81. The van der Waals surface area contributed by atoms with Crippen LogP contribution in [0.5, 0.6) is 0 Å². The number of likely N-dealkylation sites (tertiary alicyclic amines) is 1. The number of para-hydroxylation sites is 1. The molecule has 3 aliphatic heterocycles. The molecule has 2 saturated heterocycles. The molecule has 5 atom stereocenters. The summed E-state index contributed by atoms with van der Waals surface area (Å²) in [6.45, 7) is 12.7. The van der Waals surface area contributed by atoms with Crippen molar-refractivity contribution in [1.82, 2.24) is 4.90 Å². The minimum Gasteiger partial charge on any atom is -0.432 e. The molecule has 0 aliphatic carbocycles. The van der Waals surface area contributed by atoms with E-state index in [9.17, 15) is 24.3 Å². The highest BCUT2D eigenvalue weighted by atomic mass is 28.4. The molecule has 2 fully saturated rings. The van der Waals surface area contributed by atoms with Gasteiger partial charge in [-0.05, 0) is 89.9 Å². The first-order valence-electron chi connectivity index (χ1n) is 17.2. The SMILES string of the molecule is CC(C)=CCC/C(C)=C/CN1C(=O)[C@@]2(O[C@@H](CC(=O)N3CCC[C@H]3CO)[C@H]([Si](C)(C)O)[C@H]2C)c2cc(N(C=O)c3ccccc3)ccc21. The van der Waals surface area contributed by atoms with Crippen LogP contribution in [0, 0.1) is 5.92 Å². The van der Waals surface area contributed by atoms with Gasteiger partial charge in [-0.3, -0.25) is 19.3 Å². The Hall–Kier alpha value is -3.57. The number of aliphatic hydroxyl groups excluding tert-OH is 1. The van der Waals surface area contributed by atoms with Crippen LogP contribution in [-0.2, 0) is 24.7 Å². The number of amides is 3. The minimum atomic E-state index is -3.00. The van der Waals surface area contributed by atoms with E-state index in [0.717, 1.165) is 32.1 Å². The maximum absolute atomic E-state index is 14.9. The zero-order valence-electron chi connectivity index (χ0n) is 29.2. The Balaban J connectivity index is 1.58. The number of carbonyl (C=O) groups is 3. The number of nitrogens with zero attached hydrogens (tertiary/aromatic N) is 3. The van der Waals surface area contributed by atoms with Gasteiger partial charge in [-0.1, -0.05) is 48.4 Å². The van der Waals surface area contributed by atoms with Gasteiger partial charge in [0.05, 0.1) is 30.9 Å². The van der Waals surface area contributed by atoms with E-state index in [1.165, 1.54) is 11.1 Å². The molecule has 9 nitrogen and oxygen atoms in total. The first kappa shape index (κ1) is 35.7. The van der Waals surface area contributed by atoms with Crippen LogP contribution in [0.3, 0.4) is 0 Å². The van der Waals surface area contributed by atoms with Crippen molar-refractivity contribution < 1.29 is 29.0 Å². The zero-order valence-corrected chi connectivity index (χ0v) is 30.2. The van der Waals surface area contributed by atoms with Gasteiger partial charge in [0.15, 0.2) is 13.9 Å². The molecule has 3 heterocycles. The predicted octanol–water partition coefficient (Wildman–Crippen LogP) is 6.19. The van der Waals surface area contributed by atoms with Crippen molar-refractivity contribution >= 4 is 43.6 Å². The fourth-order valence-electron chi connectivity index (χ4n) is 8.04.